The molecule has 170 valence electrons. The van der Waals surface area contributed by atoms with Gasteiger partial charge in [0.1, 0.15) is 5.75 Å². The van der Waals surface area contributed by atoms with E-state index in [0.717, 1.165) is 24.4 Å². The molecule has 1 aromatic heterocycles. The molecular weight excluding hydrogens is 400 g/mol. The Hall–Kier alpha value is -2.79. The summed E-state index contributed by atoms with van der Waals surface area (Å²) in [5, 5.41) is 10.5. The number of benzene rings is 2. The summed E-state index contributed by atoms with van der Waals surface area (Å²) in [7, 11) is 1.75. The van der Waals surface area contributed by atoms with Crippen molar-refractivity contribution in [2.24, 2.45) is 5.92 Å². The van der Waals surface area contributed by atoms with E-state index in [4.69, 9.17) is 4.74 Å². The highest BCUT2D eigenvalue weighted by Gasteiger charge is 2.26. The van der Waals surface area contributed by atoms with Crippen molar-refractivity contribution in [2.45, 2.75) is 65.1 Å². The number of aryl methyl sites for hydroxylation is 1. The molecule has 3 aromatic rings. The highest BCUT2D eigenvalue weighted by Crippen LogP contribution is 2.34. The largest absolute Gasteiger partial charge is 0.496 e. The molecule has 1 fully saturated rings. The van der Waals surface area contributed by atoms with E-state index in [1.807, 2.05) is 18.3 Å². The lowest BCUT2D eigenvalue weighted by atomic mass is 9.97. The molecule has 1 heterocycles. The highest BCUT2D eigenvalue weighted by atomic mass is 16.5. The molecule has 0 spiro atoms. The van der Waals surface area contributed by atoms with Gasteiger partial charge in [-0.1, -0.05) is 38.3 Å². The Kier molecular flexibility index (Phi) is 6.85. The zero-order chi connectivity index (χ0) is 22.7. The minimum atomic E-state index is -0.884. The number of ether oxygens (including phenoxy) is 1. The molecule has 32 heavy (non-hydrogen) atoms. The maximum Gasteiger partial charge on any atom is 0.335 e. The van der Waals surface area contributed by atoms with Crippen molar-refractivity contribution in [3.8, 4) is 5.75 Å². The third kappa shape index (κ3) is 4.83. The molecule has 0 saturated heterocycles. The van der Waals surface area contributed by atoms with Gasteiger partial charge < -0.3 is 14.8 Å². The van der Waals surface area contributed by atoms with Crippen LogP contribution >= 0.6 is 0 Å². The molecule has 1 saturated carbocycles. The Morgan fingerprint density at radius 1 is 1.16 bits per heavy atom. The Bertz CT molecular complexity index is 1070. The molecule has 0 aliphatic heterocycles. The topological polar surface area (TPSA) is 65.6 Å². The van der Waals surface area contributed by atoms with Gasteiger partial charge in [0.25, 0.3) is 0 Å². The van der Waals surface area contributed by atoms with Crippen LogP contribution in [0.4, 0.5) is 0 Å². The highest BCUT2D eigenvalue weighted by molar-refractivity contribution is 5.88. The first-order chi connectivity index (χ1) is 15.5. The normalized spacial score (nSPS) is 19.2. The lowest BCUT2D eigenvalue weighted by molar-refractivity contribution is 0.0697. The number of nitrogens with one attached hydrogen (secondary N) is 1. The van der Waals surface area contributed by atoms with Gasteiger partial charge in [0.15, 0.2) is 0 Å². The van der Waals surface area contributed by atoms with E-state index in [9.17, 15) is 9.90 Å². The van der Waals surface area contributed by atoms with Gasteiger partial charge >= 0.3 is 5.97 Å². The van der Waals surface area contributed by atoms with Gasteiger partial charge in [-0.15, -0.1) is 0 Å². The third-order valence-electron chi connectivity index (χ3n) is 6.95. The van der Waals surface area contributed by atoms with Crippen LogP contribution in [0.15, 0.2) is 42.6 Å². The van der Waals surface area contributed by atoms with Crippen LogP contribution in [0.1, 0.15) is 66.1 Å². The van der Waals surface area contributed by atoms with E-state index < -0.39 is 5.97 Å². The van der Waals surface area contributed by atoms with Gasteiger partial charge in [-0.2, -0.15) is 0 Å². The number of aromatic carboxylic acids is 1. The number of aromatic nitrogens is 1. The fraction of sp³-hybridized carbons (Fsp3) is 0.444. The zero-order valence-corrected chi connectivity index (χ0v) is 19.4. The first-order valence-corrected chi connectivity index (χ1v) is 11.7. The molecule has 2 atom stereocenters. The number of aromatic amines is 1. The van der Waals surface area contributed by atoms with Gasteiger partial charge in [0.05, 0.1) is 12.7 Å². The van der Waals surface area contributed by atoms with Crippen LogP contribution in [-0.2, 0) is 13.1 Å². The van der Waals surface area contributed by atoms with E-state index in [-0.39, 0.29) is 0 Å². The van der Waals surface area contributed by atoms with Crippen LogP contribution in [-0.4, -0.2) is 34.1 Å². The van der Waals surface area contributed by atoms with Crippen molar-refractivity contribution < 1.29 is 14.6 Å². The van der Waals surface area contributed by atoms with Gasteiger partial charge in [-0.05, 0) is 61.1 Å². The Balaban J connectivity index is 1.69. The Morgan fingerprint density at radius 3 is 2.62 bits per heavy atom. The smallest absolute Gasteiger partial charge is 0.335 e. The number of nitrogens with zero attached hydrogens (tertiary/aromatic N) is 1. The number of methoxy groups -OCH3 is 1. The van der Waals surface area contributed by atoms with Crippen LogP contribution < -0.4 is 4.74 Å². The number of hydrogen-bond donors (Lipinski definition) is 2. The third-order valence-corrected chi connectivity index (χ3v) is 6.95. The van der Waals surface area contributed by atoms with Crippen LogP contribution in [0.5, 0.6) is 5.75 Å². The Labute approximate surface area is 190 Å². The van der Waals surface area contributed by atoms with Gasteiger partial charge in [0, 0.05) is 41.8 Å². The first-order valence-electron chi connectivity index (χ1n) is 11.7. The summed E-state index contributed by atoms with van der Waals surface area (Å²) >= 11 is 0. The minimum Gasteiger partial charge on any atom is -0.496 e. The van der Waals surface area contributed by atoms with Crippen molar-refractivity contribution in [2.75, 3.05) is 7.11 Å². The summed E-state index contributed by atoms with van der Waals surface area (Å²) in [6, 6.07) is 12.1. The van der Waals surface area contributed by atoms with Crippen LogP contribution in [0.3, 0.4) is 0 Å². The lowest BCUT2D eigenvalue weighted by Crippen LogP contribution is -2.35. The summed E-state index contributed by atoms with van der Waals surface area (Å²) in [6.07, 6.45) is 8.25. The van der Waals surface area contributed by atoms with Crippen molar-refractivity contribution in [3.05, 3.63) is 64.8 Å². The molecule has 0 bridgehead atoms. The van der Waals surface area contributed by atoms with Crippen molar-refractivity contribution in [1.29, 1.82) is 0 Å². The molecule has 1 aliphatic rings. The van der Waals surface area contributed by atoms with Crippen molar-refractivity contribution >= 4 is 16.9 Å². The molecule has 5 nitrogen and oxygen atoms in total. The number of carbonyl (C=O) groups is 1. The van der Waals surface area contributed by atoms with Crippen LogP contribution in [0, 0.1) is 12.8 Å². The summed E-state index contributed by atoms with van der Waals surface area (Å²) in [5.74, 6) is 0.763. The maximum absolute atomic E-state index is 11.3. The van der Waals surface area contributed by atoms with Gasteiger partial charge in [-0.25, -0.2) is 4.79 Å². The maximum atomic E-state index is 11.3. The van der Waals surface area contributed by atoms with E-state index in [2.05, 4.69) is 35.9 Å². The average molecular weight is 435 g/mol. The fourth-order valence-electron chi connectivity index (χ4n) is 5.19. The summed E-state index contributed by atoms with van der Waals surface area (Å²) in [5.41, 5.74) is 5.04. The fourth-order valence-corrected chi connectivity index (χ4v) is 5.19. The molecular formula is C27H34N2O3. The number of rotatable bonds is 7. The number of carboxylic acids is 1. The second kappa shape index (κ2) is 9.78. The van der Waals surface area contributed by atoms with Gasteiger partial charge in [0.2, 0.25) is 0 Å². The van der Waals surface area contributed by atoms with E-state index in [1.165, 1.54) is 54.1 Å². The summed E-state index contributed by atoms with van der Waals surface area (Å²) < 4.78 is 5.82. The monoisotopic (exact) mass is 434 g/mol. The predicted molar refractivity (Wildman–Crippen MR) is 128 cm³/mol. The molecule has 5 heteroatoms. The minimum absolute atomic E-state index is 0.331. The molecule has 2 unspecified atom stereocenters. The van der Waals surface area contributed by atoms with E-state index in [0.29, 0.717) is 17.5 Å². The molecule has 2 aromatic carbocycles. The number of hydrogen-bond acceptors (Lipinski definition) is 3. The SMILES string of the molecule is COc1cc(C)c2[nH]ccc2c1CN(Cc1ccc(C(=O)O)cc1)C1CCCCC(C)C1. The van der Waals surface area contributed by atoms with E-state index >= 15 is 0 Å². The second-order valence-corrected chi connectivity index (χ2v) is 9.33. The molecule has 2 N–H and O–H groups in total. The van der Waals surface area contributed by atoms with Crippen LogP contribution in [0.2, 0.25) is 0 Å². The first kappa shape index (κ1) is 22.4. The molecule has 0 radical (unpaired) electrons. The van der Waals surface area contributed by atoms with Gasteiger partial charge in [-0.3, -0.25) is 4.90 Å². The van der Waals surface area contributed by atoms with Crippen molar-refractivity contribution in [1.82, 2.24) is 9.88 Å². The average Bonchev–Trinajstić information content (AvgIpc) is 3.18. The Morgan fingerprint density at radius 2 is 1.91 bits per heavy atom. The molecule has 4 rings (SSSR count). The zero-order valence-electron chi connectivity index (χ0n) is 19.4. The summed E-state index contributed by atoms with van der Waals surface area (Å²) in [4.78, 5) is 17.2. The quantitative estimate of drug-likeness (QED) is 0.438. The standard InChI is InChI=1S/C27H34N2O3/c1-18-6-4-5-7-22(14-18)29(16-20-8-10-21(11-9-20)27(30)31)17-24-23-12-13-28-26(23)19(2)15-25(24)32-3/h8-13,15,18,22,28H,4-7,14,16-17H2,1-3H3,(H,30,31). The van der Waals surface area contributed by atoms with Crippen molar-refractivity contribution in [3.63, 3.8) is 0 Å². The van der Waals surface area contributed by atoms with E-state index in [1.54, 1.807) is 19.2 Å². The molecule has 0 amide bonds. The number of H-pyrrole nitrogens is 1. The molecule has 1 aliphatic carbocycles. The predicted octanol–water partition coefficient (Wildman–Crippen LogP) is 6.15. The number of fused-ring (bicyclic) bond motifs is 1. The van der Waals surface area contributed by atoms with Crippen LogP contribution in [0.25, 0.3) is 10.9 Å². The number of carboxylic acid groups (broad SMARTS) is 1. The summed E-state index contributed by atoms with van der Waals surface area (Å²) in [6.45, 7) is 6.07. The second-order valence-electron chi connectivity index (χ2n) is 9.33. The lowest BCUT2D eigenvalue weighted by Gasteiger charge is -2.33.